The van der Waals surface area contributed by atoms with E-state index in [9.17, 15) is 8.42 Å². The normalized spacial score (nSPS) is 11.1. The number of rotatable bonds is 6. The first kappa shape index (κ1) is 17.1. The largest absolute Gasteiger partial charge is 0.481 e. The Balaban J connectivity index is 2.13. The van der Waals surface area contributed by atoms with Crippen LogP contribution < -0.4 is 9.57 Å². The van der Waals surface area contributed by atoms with E-state index in [-0.39, 0.29) is 11.5 Å². The Labute approximate surface area is 143 Å². The molecule has 0 saturated carbocycles. The highest BCUT2D eigenvalue weighted by Crippen LogP contribution is 2.21. The van der Waals surface area contributed by atoms with Crippen LogP contribution in [0.4, 0.5) is 0 Å². The summed E-state index contributed by atoms with van der Waals surface area (Å²) < 4.78 is 30.1. The molecule has 2 aromatic carbocycles. The minimum Gasteiger partial charge on any atom is -0.481 e. The van der Waals surface area contributed by atoms with E-state index in [0.717, 1.165) is 4.47 Å². The van der Waals surface area contributed by atoms with Crippen molar-refractivity contribution in [2.45, 2.75) is 4.90 Å². The molecule has 0 aliphatic rings. The molecule has 0 heterocycles. The lowest BCUT2D eigenvalue weighted by molar-refractivity contribution is 0.370. The van der Waals surface area contributed by atoms with E-state index in [1.54, 1.807) is 36.4 Å². The predicted octanol–water partition coefficient (Wildman–Crippen LogP) is 2.77. The lowest BCUT2D eigenvalue weighted by Crippen LogP contribution is -2.18. The Morgan fingerprint density at radius 3 is 2.70 bits per heavy atom. The van der Waals surface area contributed by atoms with Crippen molar-refractivity contribution in [3.8, 4) is 18.1 Å². The van der Waals surface area contributed by atoms with Crippen molar-refractivity contribution >= 4 is 32.2 Å². The second-order valence-corrected chi connectivity index (χ2v) is 6.86. The lowest BCUT2D eigenvalue weighted by atomic mass is 10.2. The Hall–Kier alpha value is -2.30. The van der Waals surface area contributed by atoms with Crippen LogP contribution in [0.2, 0.25) is 0 Å². The summed E-state index contributed by atoms with van der Waals surface area (Å²) in [5.41, 5.74) is 0.648. The van der Waals surface area contributed by atoms with Crippen molar-refractivity contribution in [3.05, 3.63) is 58.6 Å². The van der Waals surface area contributed by atoms with Crippen LogP contribution >= 0.6 is 15.9 Å². The van der Waals surface area contributed by atoms with Crippen molar-refractivity contribution in [2.75, 3.05) is 6.61 Å². The van der Waals surface area contributed by atoms with Gasteiger partial charge in [-0.25, -0.2) is 4.83 Å². The Morgan fingerprint density at radius 1 is 1.26 bits per heavy atom. The summed E-state index contributed by atoms with van der Waals surface area (Å²) in [7, 11) is -3.69. The number of hydrogen-bond donors (Lipinski definition) is 1. The van der Waals surface area contributed by atoms with Gasteiger partial charge >= 0.3 is 0 Å². The van der Waals surface area contributed by atoms with Crippen LogP contribution in [0.15, 0.2) is 63.0 Å². The van der Waals surface area contributed by atoms with E-state index in [0.29, 0.717) is 11.3 Å². The first-order chi connectivity index (χ1) is 11.0. The highest BCUT2D eigenvalue weighted by molar-refractivity contribution is 9.10. The van der Waals surface area contributed by atoms with Gasteiger partial charge in [0, 0.05) is 10.0 Å². The third-order valence-corrected chi connectivity index (χ3v) is 4.68. The topological polar surface area (TPSA) is 67.8 Å². The maximum absolute atomic E-state index is 12.0. The molecule has 0 bridgehead atoms. The van der Waals surface area contributed by atoms with Crippen molar-refractivity contribution in [1.82, 2.24) is 4.83 Å². The molecule has 0 aliphatic heterocycles. The van der Waals surface area contributed by atoms with E-state index in [2.05, 4.69) is 31.8 Å². The van der Waals surface area contributed by atoms with E-state index in [1.165, 1.54) is 18.3 Å². The van der Waals surface area contributed by atoms with Gasteiger partial charge in [0.25, 0.3) is 10.0 Å². The average molecular weight is 393 g/mol. The summed E-state index contributed by atoms with van der Waals surface area (Å²) >= 11 is 3.36. The predicted molar refractivity (Wildman–Crippen MR) is 92.8 cm³/mol. The smallest absolute Gasteiger partial charge is 0.276 e. The fraction of sp³-hybridized carbons (Fsp3) is 0.0625. The zero-order chi connectivity index (χ0) is 16.7. The van der Waals surface area contributed by atoms with Crippen LogP contribution in [0, 0.1) is 12.3 Å². The number of ether oxygens (including phenoxy) is 1. The standard InChI is InChI=1S/C16H13BrN2O3S/c1-2-10-22-14-8-9-16(17)13(11-14)12-18-19-23(20,21)15-6-4-3-5-7-15/h1,3-9,11-12,19H,10H2. The average Bonchev–Trinajstić information content (AvgIpc) is 2.56. The van der Waals surface area contributed by atoms with Crippen LogP contribution in [0.3, 0.4) is 0 Å². The molecule has 5 nitrogen and oxygen atoms in total. The highest BCUT2D eigenvalue weighted by Gasteiger charge is 2.11. The first-order valence-corrected chi connectivity index (χ1v) is 8.76. The molecule has 2 aromatic rings. The van der Waals surface area contributed by atoms with Gasteiger partial charge in [0.05, 0.1) is 11.1 Å². The number of halogens is 1. The van der Waals surface area contributed by atoms with Gasteiger partial charge in [0.2, 0.25) is 0 Å². The zero-order valence-electron chi connectivity index (χ0n) is 11.9. The van der Waals surface area contributed by atoms with Gasteiger partial charge < -0.3 is 4.74 Å². The molecular formula is C16H13BrN2O3S. The van der Waals surface area contributed by atoms with Gasteiger partial charge in [0.15, 0.2) is 0 Å². The third kappa shape index (κ3) is 4.84. The molecule has 0 saturated heterocycles. The van der Waals surface area contributed by atoms with Gasteiger partial charge in [-0.3, -0.25) is 0 Å². The Kier molecular flexibility index (Phi) is 5.79. The molecule has 1 N–H and O–H groups in total. The second kappa shape index (κ2) is 7.81. The number of benzene rings is 2. The molecule has 0 atom stereocenters. The minimum absolute atomic E-state index is 0.141. The molecular weight excluding hydrogens is 380 g/mol. The molecule has 0 radical (unpaired) electrons. The molecule has 0 aromatic heterocycles. The maximum Gasteiger partial charge on any atom is 0.276 e. The molecule has 0 spiro atoms. The Bertz CT molecular complexity index is 843. The van der Waals surface area contributed by atoms with Crippen molar-refractivity contribution < 1.29 is 13.2 Å². The lowest BCUT2D eigenvalue weighted by Gasteiger charge is -2.05. The molecule has 118 valence electrons. The fourth-order valence-electron chi connectivity index (χ4n) is 1.65. The molecule has 7 heteroatoms. The molecule has 23 heavy (non-hydrogen) atoms. The van der Waals surface area contributed by atoms with E-state index < -0.39 is 10.0 Å². The number of sulfonamides is 1. The van der Waals surface area contributed by atoms with Crippen LogP contribution in [0.1, 0.15) is 5.56 Å². The number of nitrogens with zero attached hydrogens (tertiary/aromatic N) is 1. The van der Waals surface area contributed by atoms with Crippen molar-refractivity contribution in [1.29, 1.82) is 0 Å². The number of hydrogen-bond acceptors (Lipinski definition) is 4. The first-order valence-electron chi connectivity index (χ1n) is 6.48. The van der Waals surface area contributed by atoms with Crippen molar-refractivity contribution in [3.63, 3.8) is 0 Å². The van der Waals surface area contributed by atoms with Crippen LogP contribution in [-0.4, -0.2) is 21.2 Å². The molecule has 0 unspecified atom stereocenters. The summed E-state index contributed by atoms with van der Waals surface area (Å²) in [4.78, 5) is 2.30. The van der Waals surface area contributed by atoms with E-state index >= 15 is 0 Å². The quantitative estimate of drug-likeness (QED) is 0.466. The fourth-order valence-corrected chi connectivity index (χ4v) is 2.81. The SMILES string of the molecule is C#CCOc1ccc(Br)c(C=NNS(=O)(=O)c2ccccc2)c1. The van der Waals surface area contributed by atoms with Crippen molar-refractivity contribution in [2.24, 2.45) is 5.10 Å². The number of hydrazone groups is 1. The Morgan fingerprint density at radius 2 is 2.00 bits per heavy atom. The van der Waals surface area contributed by atoms with Crippen LogP contribution in [0.5, 0.6) is 5.75 Å². The van der Waals surface area contributed by atoms with Gasteiger partial charge in [-0.2, -0.15) is 13.5 Å². The number of nitrogens with one attached hydrogen (secondary N) is 1. The monoisotopic (exact) mass is 392 g/mol. The zero-order valence-corrected chi connectivity index (χ0v) is 14.3. The van der Waals surface area contributed by atoms with Gasteiger partial charge in [-0.1, -0.05) is 40.0 Å². The summed E-state index contributed by atoms with van der Waals surface area (Å²) in [6.45, 7) is 0.152. The highest BCUT2D eigenvalue weighted by atomic mass is 79.9. The van der Waals surface area contributed by atoms with Crippen LogP contribution in [-0.2, 0) is 10.0 Å². The minimum atomic E-state index is -3.69. The summed E-state index contributed by atoms with van der Waals surface area (Å²) in [6, 6.07) is 13.2. The second-order valence-electron chi connectivity index (χ2n) is 4.34. The van der Waals surface area contributed by atoms with Gasteiger partial charge in [0.1, 0.15) is 12.4 Å². The van der Waals surface area contributed by atoms with Crippen LogP contribution in [0.25, 0.3) is 0 Å². The number of terminal acetylenes is 1. The van der Waals surface area contributed by atoms with E-state index in [4.69, 9.17) is 11.2 Å². The summed E-state index contributed by atoms with van der Waals surface area (Å²) in [5, 5.41) is 3.78. The maximum atomic E-state index is 12.0. The third-order valence-electron chi connectivity index (χ3n) is 2.72. The van der Waals surface area contributed by atoms with Gasteiger partial charge in [-0.15, -0.1) is 6.42 Å². The molecule has 2 rings (SSSR count). The molecule has 0 amide bonds. The van der Waals surface area contributed by atoms with E-state index in [1.807, 2.05) is 0 Å². The summed E-state index contributed by atoms with van der Waals surface area (Å²) in [5.74, 6) is 2.94. The van der Waals surface area contributed by atoms with Gasteiger partial charge in [-0.05, 0) is 30.3 Å². The summed E-state index contributed by atoms with van der Waals surface area (Å²) in [6.07, 6.45) is 6.52. The molecule has 0 aliphatic carbocycles. The molecule has 0 fully saturated rings.